The summed E-state index contributed by atoms with van der Waals surface area (Å²) in [5.74, 6) is -0.144. The normalized spacial score (nSPS) is 14.4. The molecule has 0 heterocycles. The maximum absolute atomic E-state index is 11.6. The molecule has 0 bridgehead atoms. The minimum absolute atomic E-state index is 0.345. The first-order chi connectivity index (χ1) is 7.27. The van der Waals surface area contributed by atoms with Crippen LogP contribution in [0.2, 0.25) is 0 Å². The molecule has 0 aliphatic carbocycles. The van der Waals surface area contributed by atoms with Gasteiger partial charge in [-0.3, -0.25) is 0 Å². The largest absolute Gasteiger partial charge is 0.480 e. The van der Waals surface area contributed by atoms with Gasteiger partial charge < -0.3 is 15.3 Å². The molecule has 94 valence electrons. The lowest BCUT2D eigenvalue weighted by atomic mass is 9.98. The molecule has 0 fully saturated rings. The molecular weight excluding hydrogens is 208 g/mol. The molecule has 0 spiro atoms. The number of aliphatic carboxylic acids is 1. The van der Waals surface area contributed by atoms with Crippen LogP contribution in [0.1, 0.15) is 27.7 Å². The van der Waals surface area contributed by atoms with Crippen LogP contribution >= 0.6 is 0 Å². The molecule has 0 aromatic rings. The third kappa shape index (κ3) is 4.51. The highest BCUT2D eigenvalue weighted by atomic mass is 16.4. The van der Waals surface area contributed by atoms with Crippen molar-refractivity contribution in [2.75, 3.05) is 13.6 Å². The summed E-state index contributed by atoms with van der Waals surface area (Å²) < 4.78 is 0. The first-order valence-corrected chi connectivity index (χ1v) is 5.50. The lowest BCUT2D eigenvalue weighted by Gasteiger charge is -2.23. The van der Waals surface area contributed by atoms with Crippen LogP contribution < -0.4 is 5.32 Å². The third-order valence-electron chi connectivity index (χ3n) is 2.97. The van der Waals surface area contributed by atoms with Crippen LogP contribution in [-0.4, -0.2) is 41.6 Å². The molecule has 0 aliphatic heterocycles. The number of nitrogens with one attached hydrogen (secondary N) is 1. The molecule has 2 N–H and O–H groups in total. The van der Waals surface area contributed by atoms with Crippen molar-refractivity contribution in [3.05, 3.63) is 0 Å². The molecule has 0 rings (SSSR count). The van der Waals surface area contributed by atoms with E-state index in [4.69, 9.17) is 5.11 Å². The molecule has 0 saturated heterocycles. The summed E-state index contributed by atoms with van der Waals surface area (Å²) in [4.78, 5) is 23.4. The second kappa shape index (κ2) is 6.35. The molecule has 5 nitrogen and oxygen atoms in total. The first kappa shape index (κ1) is 14.7. The number of hydrogen-bond acceptors (Lipinski definition) is 2. The molecular formula is C11H22N2O3. The van der Waals surface area contributed by atoms with Crippen LogP contribution in [0.4, 0.5) is 4.79 Å². The van der Waals surface area contributed by atoms with Gasteiger partial charge in [0.15, 0.2) is 0 Å². The lowest BCUT2D eigenvalue weighted by molar-refractivity contribution is -0.141. The smallest absolute Gasteiger partial charge is 0.326 e. The molecule has 2 amide bonds. The van der Waals surface area contributed by atoms with E-state index in [9.17, 15) is 9.59 Å². The highest BCUT2D eigenvalue weighted by Gasteiger charge is 2.21. The van der Waals surface area contributed by atoms with E-state index in [0.717, 1.165) is 0 Å². The van der Waals surface area contributed by atoms with Crippen molar-refractivity contribution < 1.29 is 14.7 Å². The van der Waals surface area contributed by atoms with Crippen LogP contribution in [-0.2, 0) is 4.79 Å². The van der Waals surface area contributed by atoms with Gasteiger partial charge in [0, 0.05) is 13.6 Å². The number of carboxylic acid groups (broad SMARTS) is 1. The molecule has 0 aromatic heterocycles. The fraction of sp³-hybridized carbons (Fsp3) is 0.818. The molecule has 0 aromatic carbocycles. The number of nitrogens with zero attached hydrogens (tertiary/aromatic N) is 1. The van der Waals surface area contributed by atoms with Crippen LogP contribution in [0.15, 0.2) is 0 Å². The first-order valence-electron chi connectivity index (χ1n) is 5.50. The van der Waals surface area contributed by atoms with E-state index in [2.05, 4.69) is 19.2 Å². The number of carbonyl (C=O) groups excluding carboxylic acids is 1. The van der Waals surface area contributed by atoms with E-state index >= 15 is 0 Å². The summed E-state index contributed by atoms with van der Waals surface area (Å²) in [5.41, 5.74) is 0. The third-order valence-corrected chi connectivity index (χ3v) is 2.97. The van der Waals surface area contributed by atoms with Gasteiger partial charge in [-0.05, 0) is 18.8 Å². The average molecular weight is 230 g/mol. The Morgan fingerprint density at radius 2 is 1.75 bits per heavy atom. The Labute approximate surface area is 96.8 Å². The van der Waals surface area contributed by atoms with E-state index in [1.165, 1.54) is 18.9 Å². The zero-order valence-electron chi connectivity index (χ0n) is 10.7. The number of urea groups is 1. The van der Waals surface area contributed by atoms with Crippen molar-refractivity contribution in [1.29, 1.82) is 0 Å². The number of amides is 2. The van der Waals surface area contributed by atoms with Crippen LogP contribution in [0, 0.1) is 11.8 Å². The molecule has 2 atom stereocenters. The Balaban J connectivity index is 4.12. The van der Waals surface area contributed by atoms with E-state index in [0.29, 0.717) is 18.4 Å². The van der Waals surface area contributed by atoms with Gasteiger partial charge in [0.1, 0.15) is 6.04 Å². The quantitative estimate of drug-likeness (QED) is 0.750. The highest BCUT2D eigenvalue weighted by Crippen LogP contribution is 2.07. The van der Waals surface area contributed by atoms with Crippen molar-refractivity contribution in [2.45, 2.75) is 33.7 Å². The maximum atomic E-state index is 11.6. The highest BCUT2D eigenvalue weighted by molar-refractivity contribution is 5.82. The van der Waals surface area contributed by atoms with Gasteiger partial charge in [0.25, 0.3) is 0 Å². The predicted octanol–water partition coefficient (Wildman–Crippen LogP) is 1.39. The van der Waals surface area contributed by atoms with Crippen LogP contribution in [0.5, 0.6) is 0 Å². The average Bonchev–Trinajstić information content (AvgIpc) is 2.22. The lowest BCUT2D eigenvalue weighted by Crippen LogP contribution is -2.46. The number of hydrogen-bond donors (Lipinski definition) is 2. The summed E-state index contributed by atoms with van der Waals surface area (Å²) in [6.45, 7) is 8.26. The van der Waals surface area contributed by atoms with Crippen molar-refractivity contribution in [1.82, 2.24) is 10.2 Å². The Morgan fingerprint density at radius 1 is 1.25 bits per heavy atom. The van der Waals surface area contributed by atoms with Crippen molar-refractivity contribution in [3.63, 3.8) is 0 Å². The summed E-state index contributed by atoms with van der Waals surface area (Å²) in [5, 5.41) is 11.5. The fourth-order valence-electron chi connectivity index (χ4n) is 0.950. The topological polar surface area (TPSA) is 69.6 Å². The van der Waals surface area contributed by atoms with E-state index < -0.39 is 12.0 Å². The minimum atomic E-state index is -1.01. The Morgan fingerprint density at radius 3 is 2.12 bits per heavy atom. The number of likely N-dealkylation sites (N-methyl/N-ethyl adjacent to an activating group) is 1. The van der Waals surface area contributed by atoms with Crippen molar-refractivity contribution in [2.24, 2.45) is 11.8 Å². The fourth-order valence-corrected chi connectivity index (χ4v) is 0.950. The molecule has 5 heteroatoms. The number of carboxylic acids is 1. The monoisotopic (exact) mass is 230 g/mol. The Bertz CT molecular complexity index is 254. The SMILES string of the molecule is CC(C)C(C)CNC(=O)N(C)C(C)C(=O)O. The van der Waals surface area contributed by atoms with Gasteiger partial charge in [0.05, 0.1) is 0 Å². The zero-order valence-corrected chi connectivity index (χ0v) is 10.7. The number of carbonyl (C=O) groups is 2. The van der Waals surface area contributed by atoms with Gasteiger partial charge in [-0.1, -0.05) is 20.8 Å². The Kier molecular flexibility index (Phi) is 5.85. The number of rotatable bonds is 5. The van der Waals surface area contributed by atoms with Crippen LogP contribution in [0.25, 0.3) is 0 Å². The molecule has 0 aliphatic rings. The van der Waals surface area contributed by atoms with Crippen molar-refractivity contribution >= 4 is 12.0 Å². The Hall–Kier alpha value is -1.26. The van der Waals surface area contributed by atoms with Gasteiger partial charge in [-0.2, -0.15) is 0 Å². The summed E-state index contributed by atoms with van der Waals surface area (Å²) in [6, 6.07) is -1.16. The van der Waals surface area contributed by atoms with Gasteiger partial charge in [-0.15, -0.1) is 0 Å². The van der Waals surface area contributed by atoms with E-state index in [1.54, 1.807) is 0 Å². The standard InChI is InChI=1S/C11H22N2O3/c1-7(2)8(3)6-12-11(16)13(5)9(4)10(14)15/h7-9H,6H2,1-5H3,(H,12,16)(H,14,15). The van der Waals surface area contributed by atoms with Crippen LogP contribution in [0.3, 0.4) is 0 Å². The molecule has 16 heavy (non-hydrogen) atoms. The summed E-state index contributed by atoms with van der Waals surface area (Å²) >= 11 is 0. The van der Waals surface area contributed by atoms with Crippen molar-refractivity contribution in [3.8, 4) is 0 Å². The second-order valence-electron chi connectivity index (χ2n) is 4.53. The van der Waals surface area contributed by atoms with Gasteiger partial charge in [-0.25, -0.2) is 9.59 Å². The van der Waals surface area contributed by atoms with Gasteiger partial charge in [0.2, 0.25) is 0 Å². The zero-order chi connectivity index (χ0) is 12.9. The van der Waals surface area contributed by atoms with Gasteiger partial charge >= 0.3 is 12.0 Å². The predicted molar refractivity (Wildman–Crippen MR) is 62.3 cm³/mol. The molecule has 2 unspecified atom stereocenters. The van der Waals surface area contributed by atoms with E-state index in [-0.39, 0.29) is 6.03 Å². The van der Waals surface area contributed by atoms with E-state index in [1.807, 2.05) is 6.92 Å². The maximum Gasteiger partial charge on any atom is 0.326 e. The molecule has 0 radical (unpaired) electrons. The minimum Gasteiger partial charge on any atom is -0.480 e. The molecule has 0 saturated carbocycles. The second-order valence-corrected chi connectivity index (χ2v) is 4.53. The summed E-state index contributed by atoms with van der Waals surface area (Å²) in [6.07, 6.45) is 0. The summed E-state index contributed by atoms with van der Waals surface area (Å²) in [7, 11) is 1.48.